The summed E-state index contributed by atoms with van der Waals surface area (Å²) in [5.74, 6) is 1.53. The smallest absolute Gasteiger partial charge is 0.254 e. The summed E-state index contributed by atoms with van der Waals surface area (Å²) in [5.41, 5.74) is 2.39. The lowest BCUT2D eigenvalue weighted by Crippen LogP contribution is -2.48. The molecule has 1 unspecified atom stereocenters. The predicted molar refractivity (Wildman–Crippen MR) is 137 cm³/mol. The summed E-state index contributed by atoms with van der Waals surface area (Å²) in [6.45, 7) is 1.27. The van der Waals surface area contributed by atoms with Crippen molar-refractivity contribution in [2.45, 2.75) is 38.5 Å². The van der Waals surface area contributed by atoms with Crippen LogP contribution in [0.1, 0.15) is 40.7 Å². The van der Waals surface area contributed by atoms with Crippen LogP contribution in [0.5, 0.6) is 17.2 Å². The Morgan fingerprint density at radius 1 is 0.917 bits per heavy atom. The van der Waals surface area contributed by atoms with Gasteiger partial charge < -0.3 is 24.4 Å². The number of carbonyl (C=O) groups is 2. The van der Waals surface area contributed by atoms with E-state index in [2.05, 4.69) is 5.32 Å². The second-order valence-electron chi connectivity index (χ2n) is 8.72. The normalized spacial score (nSPS) is 15.4. The van der Waals surface area contributed by atoms with Gasteiger partial charge in [-0.3, -0.25) is 9.59 Å². The summed E-state index contributed by atoms with van der Waals surface area (Å²) in [6, 6.07) is 21.9. The molecule has 1 saturated heterocycles. The van der Waals surface area contributed by atoms with E-state index in [9.17, 15) is 9.59 Å². The fraction of sp³-hybridized carbons (Fsp3) is 0.310. The maximum Gasteiger partial charge on any atom is 0.254 e. The standard InChI is InChI=1S/C29H32N2O5/c1-34-24-14-12-23(13-15-24)29(33)31(25-10-6-7-17-30-28(25)32)19-22-11-16-26(35-2)27(18-22)36-20-21-8-4-3-5-9-21/h3-5,8-9,11-16,18,25H,6-7,10,17,19-20H2,1-2H3,(H,30,32). The number of benzene rings is 3. The molecule has 0 bridgehead atoms. The summed E-state index contributed by atoms with van der Waals surface area (Å²) in [7, 11) is 3.18. The van der Waals surface area contributed by atoms with Crippen molar-refractivity contribution in [3.63, 3.8) is 0 Å². The van der Waals surface area contributed by atoms with Crippen LogP contribution in [0.4, 0.5) is 0 Å². The number of amides is 2. The van der Waals surface area contributed by atoms with E-state index in [1.165, 1.54) is 0 Å². The van der Waals surface area contributed by atoms with Crippen LogP contribution in [0.25, 0.3) is 0 Å². The van der Waals surface area contributed by atoms with Crippen molar-refractivity contribution in [2.24, 2.45) is 0 Å². The van der Waals surface area contributed by atoms with Gasteiger partial charge in [0.1, 0.15) is 18.4 Å². The Hall–Kier alpha value is -4.00. The number of hydrogen-bond acceptors (Lipinski definition) is 5. The van der Waals surface area contributed by atoms with Crippen molar-refractivity contribution in [3.8, 4) is 17.2 Å². The zero-order valence-corrected chi connectivity index (χ0v) is 20.7. The quantitative estimate of drug-likeness (QED) is 0.477. The summed E-state index contributed by atoms with van der Waals surface area (Å²) in [5, 5.41) is 2.96. The van der Waals surface area contributed by atoms with Gasteiger partial charge in [0.2, 0.25) is 5.91 Å². The highest BCUT2D eigenvalue weighted by atomic mass is 16.5. The second-order valence-corrected chi connectivity index (χ2v) is 8.72. The first-order valence-electron chi connectivity index (χ1n) is 12.2. The summed E-state index contributed by atoms with van der Waals surface area (Å²) in [4.78, 5) is 28.3. The number of methoxy groups -OCH3 is 2. The number of hydrogen-bond donors (Lipinski definition) is 1. The van der Waals surface area contributed by atoms with Gasteiger partial charge in [-0.15, -0.1) is 0 Å². The maximum atomic E-state index is 13.7. The van der Waals surface area contributed by atoms with Crippen molar-refractivity contribution in [1.29, 1.82) is 0 Å². The number of carbonyl (C=O) groups excluding carboxylic acids is 2. The molecule has 0 aromatic heterocycles. The van der Waals surface area contributed by atoms with E-state index in [-0.39, 0.29) is 18.4 Å². The molecule has 7 heteroatoms. The average Bonchev–Trinajstić information content (AvgIpc) is 3.15. The van der Waals surface area contributed by atoms with Crippen molar-refractivity contribution in [1.82, 2.24) is 10.2 Å². The Balaban J connectivity index is 1.61. The minimum Gasteiger partial charge on any atom is -0.497 e. The highest BCUT2D eigenvalue weighted by Crippen LogP contribution is 2.30. The predicted octanol–water partition coefficient (Wildman–Crippen LogP) is 4.59. The van der Waals surface area contributed by atoms with Crippen LogP contribution >= 0.6 is 0 Å². The molecule has 4 rings (SSSR count). The summed E-state index contributed by atoms with van der Waals surface area (Å²) in [6.07, 6.45) is 2.37. The molecule has 3 aromatic rings. The third kappa shape index (κ3) is 6.16. The summed E-state index contributed by atoms with van der Waals surface area (Å²) < 4.78 is 16.8. The van der Waals surface area contributed by atoms with E-state index in [4.69, 9.17) is 14.2 Å². The zero-order valence-electron chi connectivity index (χ0n) is 20.7. The van der Waals surface area contributed by atoms with Crippen molar-refractivity contribution in [3.05, 3.63) is 89.5 Å². The molecule has 0 radical (unpaired) electrons. The van der Waals surface area contributed by atoms with Gasteiger partial charge >= 0.3 is 0 Å². The molecule has 0 spiro atoms. The van der Waals surface area contributed by atoms with E-state index in [0.717, 1.165) is 24.0 Å². The van der Waals surface area contributed by atoms with Gasteiger partial charge in [0.05, 0.1) is 14.2 Å². The van der Waals surface area contributed by atoms with Gasteiger partial charge in [0.25, 0.3) is 5.91 Å². The molecule has 3 aromatic carbocycles. The molecule has 1 atom stereocenters. The molecule has 36 heavy (non-hydrogen) atoms. The lowest BCUT2D eigenvalue weighted by atomic mass is 10.0. The van der Waals surface area contributed by atoms with E-state index in [1.54, 1.807) is 43.4 Å². The van der Waals surface area contributed by atoms with Gasteiger partial charge in [0, 0.05) is 18.7 Å². The first kappa shape index (κ1) is 25.1. The molecule has 2 amide bonds. The minimum absolute atomic E-state index is 0.122. The second kappa shape index (κ2) is 12.1. The van der Waals surface area contributed by atoms with Crippen LogP contribution in [-0.2, 0) is 17.9 Å². The SMILES string of the molecule is COc1ccc(C(=O)N(Cc2ccc(OC)c(OCc3ccccc3)c2)C2CCCCNC2=O)cc1. The molecule has 0 aliphatic carbocycles. The van der Waals surface area contributed by atoms with Crippen LogP contribution in [0.2, 0.25) is 0 Å². The first-order chi connectivity index (χ1) is 17.6. The summed E-state index contributed by atoms with van der Waals surface area (Å²) >= 11 is 0. The van der Waals surface area contributed by atoms with Crippen LogP contribution in [-0.4, -0.2) is 43.5 Å². The van der Waals surface area contributed by atoms with Gasteiger partial charge in [0.15, 0.2) is 11.5 Å². The van der Waals surface area contributed by atoms with Crippen LogP contribution in [0.15, 0.2) is 72.8 Å². The molecule has 0 saturated carbocycles. The molecule has 7 nitrogen and oxygen atoms in total. The van der Waals surface area contributed by atoms with Gasteiger partial charge in [-0.05, 0) is 66.8 Å². The van der Waals surface area contributed by atoms with Crippen molar-refractivity contribution < 1.29 is 23.8 Å². The van der Waals surface area contributed by atoms with Crippen molar-refractivity contribution >= 4 is 11.8 Å². The molecule has 1 fully saturated rings. The molecule has 1 aliphatic heterocycles. The van der Waals surface area contributed by atoms with Crippen LogP contribution in [0, 0.1) is 0 Å². The number of ether oxygens (including phenoxy) is 3. The molecule has 188 valence electrons. The molecule has 1 N–H and O–H groups in total. The van der Waals surface area contributed by atoms with Crippen molar-refractivity contribution in [2.75, 3.05) is 20.8 Å². The number of nitrogens with zero attached hydrogens (tertiary/aromatic N) is 1. The fourth-order valence-electron chi connectivity index (χ4n) is 4.31. The molecule has 1 heterocycles. The van der Waals surface area contributed by atoms with Gasteiger partial charge in [-0.2, -0.15) is 0 Å². The minimum atomic E-state index is -0.558. The Kier molecular flexibility index (Phi) is 8.44. The van der Waals surface area contributed by atoms with E-state index in [1.807, 2.05) is 48.5 Å². The monoisotopic (exact) mass is 488 g/mol. The Bertz CT molecular complexity index is 1160. The number of nitrogens with one attached hydrogen (secondary N) is 1. The van der Waals surface area contributed by atoms with Gasteiger partial charge in [-0.25, -0.2) is 0 Å². The molecule has 1 aliphatic rings. The first-order valence-corrected chi connectivity index (χ1v) is 12.2. The Morgan fingerprint density at radius 3 is 2.42 bits per heavy atom. The third-order valence-electron chi connectivity index (χ3n) is 6.30. The highest BCUT2D eigenvalue weighted by Gasteiger charge is 2.31. The van der Waals surface area contributed by atoms with E-state index >= 15 is 0 Å². The lowest BCUT2D eigenvalue weighted by molar-refractivity contribution is -0.125. The maximum absolute atomic E-state index is 13.7. The van der Waals surface area contributed by atoms with Crippen LogP contribution in [0.3, 0.4) is 0 Å². The fourth-order valence-corrected chi connectivity index (χ4v) is 4.31. The van der Waals surface area contributed by atoms with E-state index < -0.39 is 6.04 Å². The molecular formula is C29H32N2O5. The zero-order chi connectivity index (χ0) is 25.3. The highest BCUT2D eigenvalue weighted by molar-refractivity contribution is 5.97. The third-order valence-corrected chi connectivity index (χ3v) is 6.30. The Labute approximate surface area is 212 Å². The lowest BCUT2D eigenvalue weighted by Gasteiger charge is -2.30. The largest absolute Gasteiger partial charge is 0.497 e. The topological polar surface area (TPSA) is 77.1 Å². The molecular weight excluding hydrogens is 456 g/mol. The Morgan fingerprint density at radius 2 is 1.69 bits per heavy atom. The van der Waals surface area contributed by atoms with Crippen LogP contribution < -0.4 is 19.5 Å². The number of rotatable bonds is 9. The van der Waals surface area contributed by atoms with E-state index in [0.29, 0.717) is 42.4 Å². The van der Waals surface area contributed by atoms with Gasteiger partial charge in [-0.1, -0.05) is 36.4 Å². The average molecular weight is 489 g/mol.